The largest absolute Gasteiger partial charge is 0.324 e. The summed E-state index contributed by atoms with van der Waals surface area (Å²) in [4.78, 5) is 14.1. The minimum atomic E-state index is -3.81. The summed E-state index contributed by atoms with van der Waals surface area (Å²) in [7, 11) is -3.81. The van der Waals surface area contributed by atoms with Gasteiger partial charge in [-0.3, -0.25) is 9.69 Å². The van der Waals surface area contributed by atoms with Crippen LogP contribution in [0.2, 0.25) is 15.1 Å². The van der Waals surface area contributed by atoms with Crippen molar-refractivity contribution in [1.82, 2.24) is 9.21 Å². The Bertz CT molecular complexity index is 1000. The van der Waals surface area contributed by atoms with Crippen molar-refractivity contribution >= 4 is 56.4 Å². The van der Waals surface area contributed by atoms with E-state index in [1.54, 1.807) is 18.2 Å². The first-order chi connectivity index (χ1) is 13.7. The summed E-state index contributed by atoms with van der Waals surface area (Å²) in [5.74, 6) is -0.207. The van der Waals surface area contributed by atoms with E-state index in [-0.39, 0.29) is 40.5 Å². The average molecular weight is 477 g/mol. The fraction of sp³-hybridized carbons (Fsp3) is 0.316. The quantitative estimate of drug-likeness (QED) is 0.710. The van der Waals surface area contributed by atoms with E-state index < -0.39 is 10.0 Å². The molecule has 1 heterocycles. The maximum atomic E-state index is 12.9. The van der Waals surface area contributed by atoms with Gasteiger partial charge >= 0.3 is 0 Å². The number of aryl methyl sites for hydroxylation is 1. The standard InChI is InChI=1S/C19H20Cl3N3O3S/c1-13-5-6-17(16(22)11-13)23-18(26)12-24-7-9-25(10-8-24)29(27,28)19-14(20)3-2-4-15(19)21/h2-6,11H,7-10,12H2,1H3,(H,23,26). The topological polar surface area (TPSA) is 69.7 Å². The zero-order chi connectivity index (χ0) is 21.2. The molecule has 1 aliphatic rings. The summed E-state index contributed by atoms with van der Waals surface area (Å²) < 4.78 is 27.2. The third-order valence-electron chi connectivity index (χ3n) is 4.61. The normalized spacial score (nSPS) is 16.0. The maximum absolute atomic E-state index is 12.9. The lowest BCUT2D eigenvalue weighted by molar-refractivity contribution is -0.117. The summed E-state index contributed by atoms with van der Waals surface area (Å²) in [6, 6.07) is 9.99. The number of piperazine rings is 1. The van der Waals surface area contributed by atoms with Gasteiger partial charge in [-0.2, -0.15) is 4.31 Å². The molecule has 0 unspecified atom stereocenters. The van der Waals surface area contributed by atoms with E-state index >= 15 is 0 Å². The fourth-order valence-corrected chi connectivity index (χ4v) is 5.90. The highest BCUT2D eigenvalue weighted by Crippen LogP contribution is 2.32. The molecule has 1 saturated heterocycles. The molecular weight excluding hydrogens is 457 g/mol. The minimum absolute atomic E-state index is 0.0801. The summed E-state index contributed by atoms with van der Waals surface area (Å²) in [6.45, 7) is 3.36. The number of hydrogen-bond acceptors (Lipinski definition) is 4. The lowest BCUT2D eigenvalue weighted by atomic mass is 10.2. The van der Waals surface area contributed by atoms with Gasteiger partial charge < -0.3 is 5.32 Å². The molecule has 3 rings (SSSR count). The van der Waals surface area contributed by atoms with Crippen LogP contribution >= 0.6 is 34.8 Å². The average Bonchev–Trinajstić information content (AvgIpc) is 2.64. The van der Waals surface area contributed by atoms with E-state index in [2.05, 4.69) is 5.32 Å². The third kappa shape index (κ3) is 5.23. The summed E-state index contributed by atoms with van der Waals surface area (Å²) in [5.41, 5.74) is 1.56. The van der Waals surface area contributed by atoms with Crippen LogP contribution in [0.3, 0.4) is 0 Å². The van der Waals surface area contributed by atoms with Gasteiger partial charge in [-0.05, 0) is 36.8 Å². The Morgan fingerprint density at radius 3 is 2.21 bits per heavy atom. The van der Waals surface area contributed by atoms with E-state index in [0.717, 1.165) is 5.56 Å². The van der Waals surface area contributed by atoms with E-state index in [4.69, 9.17) is 34.8 Å². The monoisotopic (exact) mass is 475 g/mol. The van der Waals surface area contributed by atoms with Crippen molar-refractivity contribution in [3.05, 3.63) is 57.0 Å². The van der Waals surface area contributed by atoms with Gasteiger partial charge in [-0.15, -0.1) is 0 Å². The highest BCUT2D eigenvalue weighted by Gasteiger charge is 2.32. The Balaban J connectivity index is 1.59. The number of benzene rings is 2. The third-order valence-corrected chi connectivity index (χ3v) is 7.78. The molecule has 0 saturated carbocycles. The van der Waals surface area contributed by atoms with E-state index in [1.807, 2.05) is 17.9 Å². The number of amides is 1. The summed E-state index contributed by atoms with van der Waals surface area (Å²) in [5, 5.41) is 3.45. The van der Waals surface area contributed by atoms with Gasteiger partial charge in [-0.1, -0.05) is 46.9 Å². The van der Waals surface area contributed by atoms with E-state index in [0.29, 0.717) is 23.8 Å². The van der Waals surface area contributed by atoms with Crippen molar-refractivity contribution in [2.24, 2.45) is 0 Å². The van der Waals surface area contributed by atoms with Crippen LogP contribution in [-0.2, 0) is 14.8 Å². The zero-order valence-electron chi connectivity index (χ0n) is 15.7. The van der Waals surface area contributed by atoms with Crippen LogP contribution in [0, 0.1) is 6.92 Å². The number of hydrogen-bond donors (Lipinski definition) is 1. The van der Waals surface area contributed by atoms with Crippen LogP contribution < -0.4 is 5.32 Å². The van der Waals surface area contributed by atoms with Crippen LogP contribution in [0.4, 0.5) is 5.69 Å². The molecule has 0 radical (unpaired) electrons. The Morgan fingerprint density at radius 1 is 1.00 bits per heavy atom. The molecule has 0 atom stereocenters. The number of rotatable bonds is 5. The zero-order valence-corrected chi connectivity index (χ0v) is 18.7. The smallest absolute Gasteiger partial charge is 0.246 e. The predicted octanol–water partition coefficient (Wildman–Crippen LogP) is 3.90. The van der Waals surface area contributed by atoms with Gasteiger partial charge in [0.05, 0.1) is 27.3 Å². The Labute approximate surface area is 185 Å². The molecular formula is C19H20Cl3N3O3S. The minimum Gasteiger partial charge on any atom is -0.324 e. The molecule has 0 aliphatic carbocycles. The SMILES string of the molecule is Cc1ccc(NC(=O)CN2CCN(S(=O)(=O)c3c(Cl)cccc3Cl)CC2)c(Cl)c1. The molecule has 0 bridgehead atoms. The van der Waals surface area contributed by atoms with Crippen LogP contribution in [0.5, 0.6) is 0 Å². The van der Waals surface area contributed by atoms with Gasteiger partial charge in [0.2, 0.25) is 15.9 Å². The van der Waals surface area contributed by atoms with E-state index in [1.165, 1.54) is 16.4 Å². The highest BCUT2D eigenvalue weighted by molar-refractivity contribution is 7.89. The van der Waals surface area contributed by atoms with Gasteiger partial charge in [-0.25, -0.2) is 8.42 Å². The van der Waals surface area contributed by atoms with Gasteiger partial charge in [0.1, 0.15) is 4.90 Å². The van der Waals surface area contributed by atoms with Gasteiger partial charge in [0.15, 0.2) is 0 Å². The second-order valence-electron chi connectivity index (χ2n) is 6.76. The molecule has 1 fully saturated rings. The van der Waals surface area contributed by atoms with Crippen molar-refractivity contribution in [3.63, 3.8) is 0 Å². The van der Waals surface area contributed by atoms with E-state index in [9.17, 15) is 13.2 Å². The second kappa shape index (κ2) is 9.20. The summed E-state index contributed by atoms with van der Waals surface area (Å²) >= 11 is 18.3. The number of nitrogens with zero attached hydrogens (tertiary/aromatic N) is 2. The van der Waals surface area contributed by atoms with Crippen molar-refractivity contribution < 1.29 is 13.2 Å². The molecule has 2 aromatic carbocycles. The lowest BCUT2D eigenvalue weighted by Crippen LogP contribution is -2.50. The van der Waals surface area contributed by atoms with Gasteiger partial charge in [0.25, 0.3) is 0 Å². The Hall–Kier alpha value is -1.35. The number of halogens is 3. The fourth-order valence-electron chi connectivity index (χ4n) is 3.10. The van der Waals surface area contributed by atoms with Crippen molar-refractivity contribution in [3.8, 4) is 0 Å². The molecule has 0 aromatic heterocycles. The number of carbonyl (C=O) groups is 1. The first-order valence-corrected chi connectivity index (χ1v) is 11.5. The molecule has 2 aromatic rings. The van der Waals surface area contributed by atoms with Crippen LogP contribution in [0.25, 0.3) is 0 Å². The molecule has 1 N–H and O–H groups in total. The molecule has 29 heavy (non-hydrogen) atoms. The number of carbonyl (C=O) groups excluding carboxylic acids is 1. The first-order valence-electron chi connectivity index (χ1n) is 8.91. The maximum Gasteiger partial charge on any atom is 0.246 e. The van der Waals surface area contributed by atoms with Crippen molar-refractivity contribution in [1.29, 1.82) is 0 Å². The Morgan fingerprint density at radius 2 is 1.62 bits per heavy atom. The van der Waals surface area contributed by atoms with Crippen LogP contribution in [-0.4, -0.2) is 56.3 Å². The molecule has 6 nitrogen and oxygen atoms in total. The Kier molecular flexibility index (Phi) is 7.09. The predicted molar refractivity (Wildman–Crippen MR) is 116 cm³/mol. The number of nitrogens with one attached hydrogen (secondary N) is 1. The lowest BCUT2D eigenvalue weighted by Gasteiger charge is -2.33. The highest BCUT2D eigenvalue weighted by atomic mass is 35.5. The van der Waals surface area contributed by atoms with Crippen molar-refractivity contribution in [2.45, 2.75) is 11.8 Å². The number of anilines is 1. The van der Waals surface area contributed by atoms with Gasteiger partial charge in [0, 0.05) is 26.2 Å². The molecule has 0 spiro atoms. The van der Waals surface area contributed by atoms with Crippen LogP contribution in [0.1, 0.15) is 5.56 Å². The van der Waals surface area contributed by atoms with Crippen LogP contribution in [0.15, 0.2) is 41.3 Å². The molecule has 1 amide bonds. The molecule has 156 valence electrons. The first kappa shape index (κ1) is 22.3. The van der Waals surface area contributed by atoms with Crippen molar-refractivity contribution in [2.75, 3.05) is 38.0 Å². The number of sulfonamides is 1. The summed E-state index contributed by atoms with van der Waals surface area (Å²) in [6.07, 6.45) is 0. The molecule has 10 heteroatoms. The molecule has 1 aliphatic heterocycles. The second-order valence-corrected chi connectivity index (χ2v) is 9.86.